The van der Waals surface area contributed by atoms with Crippen LogP contribution in [0.5, 0.6) is 0 Å². The van der Waals surface area contributed by atoms with E-state index in [1.165, 1.54) is 18.2 Å². The number of hydrogen-bond donors (Lipinski definition) is 2. The molecule has 0 aliphatic heterocycles. The van der Waals surface area contributed by atoms with E-state index in [4.69, 9.17) is 5.11 Å². The van der Waals surface area contributed by atoms with Gasteiger partial charge in [0.25, 0.3) is 0 Å². The van der Waals surface area contributed by atoms with E-state index >= 15 is 0 Å². The Morgan fingerprint density at radius 1 is 1.33 bits per heavy atom. The zero-order valence-electron chi connectivity index (χ0n) is 11.2. The lowest BCUT2D eigenvalue weighted by atomic mass is 10.1. The second-order valence-electron chi connectivity index (χ2n) is 4.38. The van der Waals surface area contributed by atoms with Crippen molar-refractivity contribution >= 4 is 17.3 Å². The summed E-state index contributed by atoms with van der Waals surface area (Å²) >= 11 is 0. The number of rotatable bonds is 5. The summed E-state index contributed by atoms with van der Waals surface area (Å²) in [4.78, 5) is 25.7. The fraction of sp³-hybridized carbons (Fsp3) is 0.143. The molecule has 0 spiro atoms. The van der Waals surface area contributed by atoms with Crippen LogP contribution < -0.4 is 5.32 Å². The van der Waals surface area contributed by atoms with Crippen LogP contribution in [0, 0.1) is 10.1 Å². The number of carbonyl (C=O) groups is 1. The Morgan fingerprint density at radius 3 is 2.67 bits per heavy atom. The molecule has 0 radical (unpaired) electrons. The highest BCUT2D eigenvalue weighted by Crippen LogP contribution is 2.31. The molecule has 1 unspecified atom stereocenters. The van der Waals surface area contributed by atoms with Gasteiger partial charge in [0, 0.05) is 6.20 Å². The van der Waals surface area contributed by atoms with E-state index in [1.54, 1.807) is 25.3 Å². The van der Waals surface area contributed by atoms with Crippen LogP contribution in [0.25, 0.3) is 0 Å². The molecule has 1 atom stereocenters. The number of para-hydroxylation sites is 1. The van der Waals surface area contributed by atoms with Gasteiger partial charge in [-0.15, -0.1) is 0 Å². The van der Waals surface area contributed by atoms with Gasteiger partial charge < -0.3 is 10.4 Å². The van der Waals surface area contributed by atoms with Crippen molar-refractivity contribution in [2.75, 3.05) is 5.32 Å². The molecule has 0 aliphatic rings. The summed E-state index contributed by atoms with van der Waals surface area (Å²) in [7, 11) is 0. The van der Waals surface area contributed by atoms with Gasteiger partial charge in [0.05, 0.1) is 16.7 Å². The third kappa shape index (κ3) is 3.14. The monoisotopic (exact) mass is 287 g/mol. The molecule has 1 aromatic carbocycles. The van der Waals surface area contributed by atoms with Crippen LogP contribution in [0.4, 0.5) is 11.4 Å². The van der Waals surface area contributed by atoms with Gasteiger partial charge >= 0.3 is 11.7 Å². The molecule has 0 saturated heterocycles. The first kappa shape index (κ1) is 14.4. The predicted octanol–water partition coefficient (Wildman–Crippen LogP) is 2.86. The number of hydrogen-bond acceptors (Lipinski definition) is 5. The van der Waals surface area contributed by atoms with Crippen LogP contribution >= 0.6 is 0 Å². The Bertz CT molecular complexity index is 673. The number of benzene rings is 1. The summed E-state index contributed by atoms with van der Waals surface area (Å²) in [5.41, 5.74) is 0.0524. The lowest BCUT2D eigenvalue weighted by molar-refractivity contribution is -0.384. The zero-order valence-corrected chi connectivity index (χ0v) is 11.2. The van der Waals surface area contributed by atoms with Gasteiger partial charge in [-0.3, -0.25) is 15.1 Å². The van der Waals surface area contributed by atoms with E-state index in [-0.39, 0.29) is 17.3 Å². The third-order valence-corrected chi connectivity index (χ3v) is 2.95. The molecular weight excluding hydrogens is 274 g/mol. The van der Waals surface area contributed by atoms with E-state index in [2.05, 4.69) is 10.3 Å². The first-order valence-electron chi connectivity index (χ1n) is 6.19. The molecule has 2 aromatic rings. The molecule has 0 saturated carbocycles. The lowest BCUT2D eigenvalue weighted by Crippen LogP contribution is -2.12. The number of nitro groups is 1. The van der Waals surface area contributed by atoms with E-state index in [0.717, 1.165) is 0 Å². The van der Waals surface area contributed by atoms with Gasteiger partial charge in [-0.2, -0.15) is 0 Å². The van der Waals surface area contributed by atoms with Crippen molar-refractivity contribution in [3.8, 4) is 0 Å². The van der Waals surface area contributed by atoms with Crippen molar-refractivity contribution in [1.82, 2.24) is 4.98 Å². The third-order valence-electron chi connectivity index (χ3n) is 2.95. The minimum atomic E-state index is -1.34. The Kier molecular flexibility index (Phi) is 4.13. The number of pyridine rings is 1. The Labute approximate surface area is 120 Å². The normalized spacial score (nSPS) is 11.7. The van der Waals surface area contributed by atoms with E-state index in [1.807, 2.05) is 6.07 Å². The summed E-state index contributed by atoms with van der Waals surface area (Å²) in [5.74, 6) is -1.34. The van der Waals surface area contributed by atoms with Crippen molar-refractivity contribution in [1.29, 1.82) is 0 Å². The molecule has 0 bridgehead atoms. The predicted molar refractivity (Wildman–Crippen MR) is 76.3 cm³/mol. The highest BCUT2D eigenvalue weighted by Gasteiger charge is 2.25. The molecule has 0 aliphatic carbocycles. The smallest absolute Gasteiger partial charge is 0.342 e. The van der Waals surface area contributed by atoms with Crippen LogP contribution in [-0.4, -0.2) is 21.0 Å². The fourth-order valence-corrected chi connectivity index (χ4v) is 1.97. The van der Waals surface area contributed by atoms with Gasteiger partial charge in [-0.05, 0) is 31.2 Å². The van der Waals surface area contributed by atoms with Crippen LogP contribution in [0.3, 0.4) is 0 Å². The minimum absolute atomic E-state index is 0.151. The van der Waals surface area contributed by atoms with E-state index in [0.29, 0.717) is 5.69 Å². The SMILES string of the molecule is CC(Nc1cccc(C(=O)O)c1[N+](=O)[O-])c1ccccn1. The number of nitrogens with zero attached hydrogens (tertiary/aromatic N) is 2. The van der Waals surface area contributed by atoms with Gasteiger partial charge in [0.2, 0.25) is 0 Å². The maximum atomic E-state index is 11.2. The number of aromatic carboxylic acids is 1. The Balaban J connectivity index is 2.38. The molecule has 1 aromatic heterocycles. The highest BCUT2D eigenvalue weighted by atomic mass is 16.6. The van der Waals surface area contributed by atoms with E-state index in [9.17, 15) is 14.9 Å². The number of carboxylic acids is 1. The highest BCUT2D eigenvalue weighted by molar-refractivity contribution is 5.95. The standard InChI is InChI=1S/C14H13N3O4/c1-9(11-6-2-3-8-15-11)16-12-7-4-5-10(14(18)19)13(12)17(20)21/h2-9,16H,1H3,(H,18,19). The van der Waals surface area contributed by atoms with Crippen molar-refractivity contribution in [2.45, 2.75) is 13.0 Å². The second-order valence-corrected chi connectivity index (χ2v) is 4.38. The van der Waals surface area contributed by atoms with Crippen LogP contribution in [-0.2, 0) is 0 Å². The van der Waals surface area contributed by atoms with Crippen molar-refractivity contribution < 1.29 is 14.8 Å². The topological polar surface area (TPSA) is 105 Å². The van der Waals surface area contributed by atoms with Gasteiger partial charge in [0.15, 0.2) is 0 Å². The van der Waals surface area contributed by atoms with Crippen molar-refractivity contribution in [3.05, 3.63) is 64.0 Å². The molecule has 7 nitrogen and oxygen atoms in total. The fourth-order valence-electron chi connectivity index (χ4n) is 1.97. The second kappa shape index (κ2) is 6.00. The quantitative estimate of drug-likeness (QED) is 0.647. The van der Waals surface area contributed by atoms with Crippen molar-refractivity contribution in [2.24, 2.45) is 0 Å². The van der Waals surface area contributed by atoms with Gasteiger partial charge in [-0.1, -0.05) is 12.1 Å². The molecule has 2 N–H and O–H groups in total. The maximum Gasteiger partial charge on any atom is 0.342 e. The number of anilines is 1. The van der Waals surface area contributed by atoms with Crippen LogP contribution in [0.15, 0.2) is 42.6 Å². The van der Waals surface area contributed by atoms with Crippen molar-refractivity contribution in [3.63, 3.8) is 0 Å². The molecule has 2 rings (SSSR count). The largest absolute Gasteiger partial charge is 0.477 e. The summed E-state index contributed by atoms with van der Waals surface area (Å²) in [5, 5.41) is 23.1. The van der Waals surface area contributed by atoms with Gasteiger partial charge in [0.1, 0.15) is 11.3 Å². The molecule has 7 heteroatoms. The first-order valence-corrected chi connectivity index (χ1v) is 6.19. The number of aromatic nitrogens is 1. The molecule has 1 heterocycles. The van der Waals surface area contributed by atoms with E-state index < -0.39 is 16.6 Å². The molecular formula is C14H13N3O4. The minimum Gasteiger partial charge on any atom is -0.477 e. The average molecular weight is 287 g/mol. The number of nitro benzene ring substituents is 1. The molecule has 108 valence electrons. The number of carboxylic acid groups (broad SMARTS) is 1. The summed E-state index contributed by atoms with van der Waals surface area (Å²) in [6.45, 7) is 1.79. The summed E-state index contributed by atoms with van der Waals surface area (Å²) < 4.78 is 0. The zero-order chi connectivity index (χ0) is 15.4. The number of nitrogens with one attached hydrogen (secondary N) is 1. The first-order chi connectivity index (χ1) is 10.0. The lowest BCUT2D eigenvalue weighted by Gasteiger charge is -2.15. The Morgan fingerprint density at radius 2 is 2.10 bits per heavy atom. The maximum absolute atomic E-state index is 11.2. The summed E-state index contributed by atoms with van der Waals surface area (Å²) in [6, 6.07) is 9.20. The molecule has 21 heavy (non-hydrogen) atoms. The van der Waals surface area contributed by atoms with Crippen LogP contribution in [0.1, 0.15) is 29.0 Å². The Hall–Kier alpha value is -2.96. The molecule has 0 fully saturated rings. The molecule has 0 amide bonds. The van der Waals surface area contributed by atoms with Crippen LogP contribution in [0.2, 0.25) is 0 Å². The summed E-state index contributed by atoms with van der Waals surface area (Å²) in [6.07, 6.45) is 1.62. The van der Waals surface area contributed by atoms with Gasteiger partial charge in [-0.25, -0.2) is 4.79 Å². The average Bonchev–Trinajstić information content (AvgIpc) is 2.47.